The molecule has 4 aromatic rings. The van der Waals surface area contributed by atoms with E-state index >= 15 is 0 Å². The van der Waals surface area contributed by atoms with Crippen LogP contribution in [-0.2, 0) is 6.18 Å². The maximum Gasteiger partial charge on any atom is 0.417 e. The number of benzene rings is 3. The molecule has 0 unspecified atom stereocenters. The van der Waals surface area contributed by atoms with Gasteiger partial charge in [0.05, 0.1) is 28.1 Å². The quantitative estimate of drug-likeness (QED) is 0.175. The van der Waals surface area contributed by atoms with E-state index in [4.69, 9.17) is 30.5 Å². The van der Waals surface area contributed by atoms with Gasteiger partial charge in [0.25, 0.3) is 0 Å². The fraction of sp³-hybridized carbons (Fsp3) is 0.333. The zero-order valence-corrected chi connectivity index (χ0v) is 25.5. The van der Waals surface area contributed by atoms with Crippen LogP contribution in [0.1, 0.15) is 31.2 Å². The molecule has 242 valence electrons. The summed E-state index contributed by atoms with van der Waals surface area (Å²) in [6, 6.07) is 12.5. The number of pyridine rings is 1. The minimum Gasteiger partial charge on any atom is -0.489 e. The van der Waals surface area contributed by atoms with Gasteiger partial charge < -0.3 is 34.5 Å². The lowest BCUT2D eigenvalue weighted by atomic mass is 10.1. The highest BCUT2D eigenvalue weighted by Crippen LogP contribution is 2.48. The van der Waals surface area contributed by atoms with Crippen molar-refractivity contribution in [1.29, 1.82) is 0 Å². The Morgan fingerprint density at radius 2 is 1.63 bits per heavy atom. The number of nitrogens with one attached hydrogen (secondary N) is 2. The SMILES string of the molecule is O=C(Nc1ccc(Oc2ccnc3cc(OCCCN4CCCCC4)c4c(c23)OCCO4)cc1)Nc1ccc(Cl)c(C(F)(F)F)c1. The third-order valence-corrected chi connectivity index (χ3v) is 7.97. The molecular formula is C33H32ClF3N4O5. The number of alkyl halides is 3. The van der Waals surface area contributed by atoms with Crippen molar-refractivity contribution in [2.75, 3.05) is 50.1 Å². The smallest absolute Gasteiger partial charge is 0.417 e. The molecule has 3 aromatic carbocycles. The Bertz CT molecular complexity index is 1700. The number of halogens is 4. The third-order valence-electron chi connectivity index (χ3n) is 7.64. The Hall–Kier alpha value is -4.42. The highest BCUT2D eigenvalue weighted by molar-refractivity contribution is 6.31. The molecule has 13 heteroatoms. The lowest BCUT2D eigenvalue weighted by Crippen LogP contribution is -2.31. The van der Waals surface area contributed by atoms with Crippen LogP contribution in [0.25, 0.3) is 10.9 Å². The molecule has 1 aromatic heterocycles. The largest absolute Gasteiger partial charge is 0.489 e. The number of piperidine rings is 1. The number of anilines is 2. The summed E-state index contributed by atoms with van der Waals surface area (Å²) >= 11 is 5.66. The first-order valence-electron chi connectivity index (χ1n) is 15.0. The molecule has 46 heavy (non-hydrogen) atoms. The molecule has 2 amide bonds. The summed E-state index contributed by atoms with van der Waals surface area (Å²) in [5.41, 5.74) is -0.0779. The lowest BCUT2D eigenvalue weighted by molar-refractivity contribution is -0.137. The van der Waals surface area contributed by atoms with Gasteiger partial charge in [-0.25, -0.2) is 4.79 Å². The van der Waals surface area contributed by atoms with Gasteiger partial charge in [-0.2, -0.15) is 13.2 Å². The summed E-state index contributed by atoms with van der Waals surface area (Å²) in [7, 11) is 0. The van der Waals surface area contributed by atoms with Crippen molar-refractivity contribution >= 4 is 39.9 Å². The van der Waals surface area contributed by atoms with Crippen molar-refractivity contribution in [3.63, 3.8) is 0 Å². The molecule has 6 rings (SSSR count). The standard InChI is InChI=1S/C33H32ClF3N4O5/c34-25-10-7-22(19-24(25)33(35,36)37)40-32(42)39-21-5-8-23(9-6-21)46-27-11-12-38-26-20-28(30-31(29(26)27)45-18-17-44-30)43-16-4-15-41-13-2-1-3-14-41/h5-12,19-20H,1-4,13-18H2,(H2,39,40,42). The summed E-state index contributed by atoms with van der Waals surface area (Å²) in [5.74, 6) is 2.55. The highest BCUT2D eigenvalue weighted by atomic mass is 35.5. The monoisotopic (exact) mass is 656 g/mol. The van der Waals surface area contributed by atoms with Crippen molar-refractivity contribution in [2.24, 2.45) is 0 Å². The minimum absolute atomic E-state index is 0.0562. The van der Waals surface area contributed by atoms with E-state index in [1.165, 1.54) is 25.3 Å². The molecule has 1 saturated heterocycles. The second-order valence-corrected chi connectivity index (χ2v) is 11.3. The Labute approximate surface area is 268 Å². The first-order chi connectivity index (χ1) is 22.2. The van der Waals surface area contributed by atoms with Crippen LogP contribution in [0.2, 0.25) is 5.02 Å². The summed E-state index contributed by atoms with van der Waals surface area (Å²) in [4.78, 5) is 19.5. The second kappa shape index (κ2) is 13.9. The highest BCUT2D eigenvalue weighted by Gasteiger charge is 2.33. The van der Waals surface area contributed by atoms with Crippen LogP contribution in [-0.4, -0.2) is 55.4 Å². The molecule has 2 aliphatic heterocycles. The van der Waals surface area contributed by atoms with Crippen LogP contribution in [0, 0.1) is 0 Å². The van der Waals surface area contributed by atoms with Crippen molar-refractivity contribution in [3.05, 3.63) is 71.4 Å². The number of rotatable bonds is 9. The molecule has 0 bridgehead atoms. The zero-order chi connectivity index (χ0) is 32.1. The molecular weight excluding hydrogens is 625 g/mol. The van der Waals surface area contributed by atoms with Gasteiger partial charge in [-0.15, -0.1) is 0 Å². The van der Waals surface area contributed by atoms with Gasteiger partial charge >= 0.3 is 12.2 Å². The average molecular weight is 657 g/mol. The zero-order valence-electron chi connectivity index (χ0n) is 24.8. The van der Waals surface area contributed by atoms with Gasteiger partial charge in [-0.3, -0.25) is 4.98 Å². The first kappa shape index (κ1) is 31.6. The molecule has 0 saturated carbocycles. The number of hydrogen-bond donors (Lipinski definition) is 2. The third kappa shape index (κ3) is 7.51. The number of hydrogen-bond acceptors (Lipinski definition) is 7. The van der Waals surface area contributed by atoms with Gasteiger partial charge in [0.2, 0.25) is 5.75 Å². The van der Waals surface area contributed by atoms with E-state index in [0.717, 1.165) is 38.2 Å². The van der Waals surface area contributed by atoms with Crippen LogP contribution in [0.3, 0.4) is 0 Å². The number of amides is 2. The van der Waals surface area contributed by atoms with Crippen LogP contribution in [0.4, 0.5) is 29.3 Å². The molecule has 0 aliphatic carbocycles. The summed E-state index contributed by atoms with van der Waals surface area (Å²) < 4.78 is 63.9. The molecule has 3 heterocycles. The van der Waals surface area contributed by atoms with E-state index < -0.39 is 22.8 Å². The van der Waals surface area contributed by atoms with E-state index in [2.05, 4.69) is 20.5 Å². The molecule has 2 aliphatic rings. The maximum absolute atomic E-state index is 13.2. The fourth-order valence-electron chi connectivity index (χ4n) is 5.47. The number of likely N-dealkylation sites (tertiary alicyclic amines) is 1. The first-order valence-corrected chi connectivity index (χ1v) is 15.4. The molecule has 2 N–H and O–H groups in total. The van der Waals surface area contributed by atoms with Gasteiger partial charge in [-0.1, -0.05) is 18.0 Å². The number of aromatic nitrogens is 1. The Morgan fingerprint density at radius 1 is 0.913 bits per heavy atom. The van der Waals surface area contributed by atoms with Gasteiger partial charge in [-0.05, 0) is 80.9 Å². The molecule has 0 spiro atoms. The number of ether oxygens (including phenoxy) is 4. The van der Waals surface area contributed by atoms with Crippen LogP contribution < -0.4 is 29.6 Å². The topological polar surface area (TPSA) is 94.2 Å². The summed E-state index contributed by atoms with van der Waals surface area (Å²) in [6.45, 7) is 4.58. The lowest BCUT2D eigenvalue weighted by Gasteiger charge is -2.26. The van der Waals surface area contributed by atoms with Crippen molar-refractivity contribution in [1.82, 2.24) is 9.88 Å². The summed E-state index contributed by atoms with van der Waals surface area (Å²) in [5, 5.41) is 5.16. The number of urea groups is 1. The van der Waals surface area contributed by atoms with Crippen LogP contribution in [0.15, 0.2) is 60.8 Å². The fourth-order valence-corrected chi connectivity index (χ4v) is 5.69. The van der Waals surface area contributed by atoms with E-state index in [0.29, 0.717) is 65.2 Å². The molecule has 0 radical (unpaired) electrons. The second-order valence-electron chi connectivity index (χ2n) is 10.9. The molecule has 1 fully saturated rings. The normalized spacial score (nSPS) is 15.0. The van der Waals surface area contributed by atoms with Gasteiger partial charge in [0.15, 0.2) is 11.5 Å². The average Bonchev–Trinajstić information content (AvgIpc) is 3.05. The van der Waals surface area contributed by atoms with Crippen molar-refractivity contribution < 1.29 is 36.9 Å². The predicted molar refractivity (Wildman–Crippen MR) is 169 cm³/mol. The van der Waals surface area contributed by atoms with E-state index in [1.807, 2.05) is 6.07 Å². The number of carbonyl (C=O) groups is 1. The summed E-state index contributed by atoms with van der Waals surface area (Å²) in [6.07, 6.45) is 1.69. The molecule has 9 nitrogen and oxygen atoms in total. The van der Waals surface area contributed by atoms with E-state index in [9.17, 15) is 18.0 Å². The van der Waals surface area contributed by atoms with Crippen molar-refractivity contribution in [2.45, 2.75) is 31.9 Å². The molecule has 0 atom stereocenters. The number of nitrogens with zero attached hydrogens (tertiary/aromatic N) is 2. The Kier molecular flexibility index (Phi) is 9.55. The minimum atomic E-state index is -4.65. The predicted octanol–water partition coefficient (Wildman–Crippen LogP) is 8.37. The Morgan fingerprint density at radius 3 is 2.39 bits per heavy atom. The maximum atomic E-state index is 13.2. The van der Waals surface area contributed by atoms with Gasteiger partial charge in [0, 0.05) is 30.2 Å². The van der Waals surface area contributed by atoms with Crippen LogP contribution >= 0.6 is 11.6 Å². The van der Waals surface area contributed by atoms with Crippen LogP contribution in [0.5, 0.6) is 28.7 Å². The van der Waals surface area contributed by atoms with E-state index in [-0.39, 0.29) is 5.69 Å². The van der Waals surface area contributed by atoms with Gasteiger partial charge in [0.1, 0.15) is 24.7 Å². The van der Waals surface area contributed by atoms with Crippen molar-refractivity contribution in [3.8, 4) is 28.7 Å². The Balaban J connectivity index is 1.12. The van der Waals surface area contributed by atoms with E-state index in [1.54, 1.807) is 36.5 Å². The number of carbonyl (C=O) groups excluding carboxylic acids is 1. The number of fused-ring (bicyclic) bond motifs is 3.